The molecule has 0 spiro atoms. The van der Waals surface area contributed by atoms with Gasteiger partial charge in [0.2, 0.25) is 0 Å². The Hall–Kier alpha value is -1.42. The standard InChI is InChI=1S/C22H31BrO3/c1-3-4-8-15-25-19-11-12-20-18(17-19)10-13-21(22(20)24-2)26-16-9-6-5-7-14-23/h10-13,17H,3-9,14-16H2,1-2H3. The number of hydrogen-bond donors (Lipinski definition) is 0. The third kappa shape index (κ3) is 6.39. The molecule has 0 aliphatic heterocycles. The first-order valence-electron chi connectivity index (χ1n) is 9.72. The Morgan fingerprint density at radius 3 is 2.38 bits per heavy atom. The summed E-state index contributed by atoms with van der Waals surface area (Å²) in [5.41, 5.74) is 0. The quantitative estimate of drug-likeness (QED) is 0.263. The molecule has 2 aromatic carbocycles. The molecule has 0 bridgehead atoms. The van der Waals surface area contributed by atoms with Gasteiger partial charge in [-0.15, -0.1) is 0 Å². The molecule has 0 aliphatic carbocycles. The van der Waals surface area contributed by atoms with Crippen LogP contribution in [0, 0.1) is 0 Å². The summed E-state index contributed by atoms with van der Waals surface area (Å²) in [5.74, 6) is 2.54. The summed E-state index contributed by atoms with van der Waals surface area (Å²) in [4.78, 5) is 0. The van der Waals surface area contributed by atoms with Crippen LogP contribution in [0.1, 0.15) is 51.9 Å². The number of rotatable bonds is 13. The van der Waals surface area contributed by atoms with E-state index in [1.807, 2.05) is 12.1 Å². The predicted octanol–water partition coefficient (Wildman–Crippen LogP) is 6.75. The lowest BCUT2D eigenvalue weighted by Crippen LogP contribution is -2.00. The van der Waals surface area contributed by atoms with Crippen molar-refractivity contribution in [2.45, 2.75) is 51.9 Å². The molecule has 26 heavy (non-hydrogen) atoms. The molecule has 3 nitrogen and oxygen atoms in total. The summed E-state index contributed by atoms with van der Waals surface area (Å²) in [6.07, 6.45) is 8.24. The van der Waals surface area contributed by atoms with Gasteiger partial charge in [0.1, 0.15) is 5.75 Å². The van der Waals surface area contributed by atoms with Crippen LogP contribution in [0.25, 0.3) is 10.8 Å². The minimum Gasteiger partial charge on any atom is -0.494 e. The lowest BCUT2D eigenvalue weighted by molar-refractivity contribution is 0.286. The number of fused-ring (bicyclic) bond motifs is 1. The third-order valence-corrected chi connectivity index (χ3v) is 4.97. The topological polar surface area (TPSA) is 27.7 Å². The van der Waals surface area contributed by atoms with Crippen molar-refractivity contribution in [3.05, 3.63) is 30.3 Å². The molecule has 0 saturated carbocycles. The van der Waals surface area contributed by atoms with Crippen molar-refractivity contribution in [3.63, 3.8) is 0 Å². The summed E-state index contributed by atoms with van der Waals surface area (Å²) >= 11 is 3.47. The van der Waals surface area contributed by atoms with Crippen LogP contribution in [-0.4, -0.2) is 25.7 Å². The Balaban J connectivity index is 1.99. The van der Waals surface area contributed by atoms with Gasteiger partial charge in [-0.1, -0.05) is 54.6 Å². The van der Waals surface area contributed by atoms with Gasteiger partial charge < -0.3 is 14.2 Å². The van der Waals surface area contributed by atoms with Gasteiger partial charge in [0.15, 0.2) is 11.5 Å². The van der Waals surface area contributed by atoms with Crippen molar-refractivity contribution in [3.8, 4) is 17.2 Å². The van der Waals surface area contributed by atoms with Crippen molar-refractivity contribution in [1.82, 2.24) is 0 Å². The number of ether oxygens (including phenoxy) is 3. The van der Waals surface area contributed by atoms with E-state index in [4.69, 9.17) is 14.2 Å². The summed E-state index contributed by atoms with van der Waals surface area (Å²) in [5, 5.41) is 3.25. The predicted molar refractivity (Wildman–Crippen MR) is 113 cm³/mol. The van der Waals surface area contributed by atoms with Crippen molar-refractivity contribution in [1.29, 1.82) is 0 Å². The Kier molecular flexibility index (Phi) is 9.68. The maximum atomic E-state index is 5.97. The fraction of sp³-hybridized carbons (Fsp3) is 0.545. The summed E-state index contributed by atoms with van der Waals surface area (Å²) in [6, 6.07) is 10.2. The first-order valence-corrected chi connectivity index (χ1v) is 10.8. The second-order valence-corrected chi connectivity index (χ2v) is 7.28. The normalized spacial score (nSPS) is 10.9. The SMILES string of the molecule is CCCCCOc1ccc2c(OC)c(OCCCCCCBr)ccc2c1. The highest BCUT2D eigenvalue weighted by atomic mass is 79.9. The number of methoxy groups -OCH3 is 1. The number of hydrogen-bond acceptors (Lipinski definition) is 3. The average molecular weight is 423 g/mol. The first kappa shape index (κ1) is 20.9. The Morgan fingerprint density at radius 2 is 1.62 bits per heavy atom. The molecule has 144 valence electrons. The van der Waals surface area contributed by atoms with Gasteiger partial charge in [-0.2, -0.15) is 0 Å². The molecule has 0 N–H and O–H groups in total. The van der Waals surface area contributed by atoms with Gasteiger partial charge in [0.25, 0.3) is 0 Å². The van der Waals surface area contributed by atoms with E-state index in [1.54, 1.807) is 7.11 Å². The van der Waals surface area contributed by atoms with Crippen molar-refractivity contribution < 1.29 is 14.2 Å². The zero-order valence-corrected chi connectivity index (χ0v) is 17.6. The van der Waals surface area contributed by atoms with Crippen LogP contribution < -0.4 is 14.2 Å². The molecule has 0 atom stereocenters. The summed E-state index contributed by atoms with van der Waals surface area (Å²) in [6.45, 7) is 3.70. The van der Waals surface area contributed by atoms with Crippen LogP contribution in [0.5, 0.6) is 17.2 Å². The van der Waals surface area contributed by atoms with Crippen LogP contribution in [-0.2, 0) is 0 Å². The van der Waals surface area contributed by atoms with E-state index in [0.29, 0.717) is 0 Å². The highest BCUT2D eigenvalue weighted by Crippen LogP contribution is 2.37. The van der Waals surface area contributed by atoms with E-state index in [2.05, 4.69) is 41.1 Å². The van der Waals surface area contributed by atoms with E-state index < -0.39 is 0 Å². The average Bonchev–Trinajstić information content (AvgIpc) is 2.67. The van der Waals surface area contributed by atoms with Crippen LogP contribution in [0.4, 0.5) is 0 Å². The van der Waals surface area contributed by atoms with Crippen LogP contribution in [0.15, 0.2) is 30.3 Å². The fourth-order valence-corrected chi connectivity index (χ4v) is 3.34. The molecule has 2 rings (SSSR count). The molecule has 0 unspecified atom stereocenters. The third-order valence-electron chi connectivity index (χ3n) is 4.41. The van der Waals surface area contributed by atoms with E-state index in [0.717, 1.165) is 59.4 Å². The highest BCUT2D eigenvalue weighted by Gasteiger charge is 2.10. The lowest BCUT2D eigenvalue weighted by atomic mass is 10.1. The molecule has 0 amide bonds. The van der Waals surface area contributed by atoms with Crippen LogP contribution in [0.3, 0.4) is 0 Å². The van der Waals surface area contributed by atoms with E-state index in [-0.39, 0.29) is 0 Å². The van der Waals surface area contributed by atoms with Gasteiger partial charge in [0.05, 0.1) is 20.3 Å². The van der Waals surface area contributed by atoms with Crippen molar-refractivity contribution in [2.24, 2.45) is 0 Å². The largest absolute Gasteiger partial charge is 0.494 e. The second-order valence-electron chi connectivity index (χ2n) is 6.49. The maximum Gasteiger partial charge on any atom is 0.168 e. The monoisotopic (exact) mass is 422 g/mol. The minimum atomic E-state index is 0.725. The van der Waals surface area contributed by atoms with Crippen LogP contribution >= 0.6 is 15.9 Å². The number of alkyl halides is 1. The molecule has 0 saturated heterocycles. The zero-order valence-electron chi connectivity index (χ0n) is 16.1. The number of unbranched alkanes of at least 4 members (excludes halogenated alkanes) is 5. The molecule has 0 aliphatic rings. The number of benzene rings is 2. The highest BCUT2D eigenvalue weighted by molar-refractivity contribution is 9.09. The Labute approximate surface area is 166 Å². The molecule has 0 heterocycles. The van der Waals surface area contributed by atoms with Gasteiger partial charge in [-0.3, -0.25) is 0 Å². The lowest BCUT2D eigenvalue weighted by Gasteiger charge is -2.14. The van der Waals surface area contributed by atoms with Crippen LogP contribution in [0.2, 0.25) is 0 Å². The first-order chi connectivity index (χ1) is 12.8. The van der Waals surface area contributed by atoms with E-state index in [9.17, 15) is 0 Å². The molecule has 4 heteroatoms. The maximum absolute atomic E-state index is 5.97. The number of halogens is 1. The van der Waals surface area contributed by atoms with Gasteiger partial charge >= 0.3 is 0 Å². The minimum absolute atomic E-state index is 0.725. The molecule has 0 radical (unpaired) electrons. The molecule has 2 aromatic rings. The summed E-state index contributed by atoms with van der Waals surface area (Å²) in [7, 11) is 1.70. The molecular formula is C22H31BrO3. The molecule has 0 aromatic heterocycles. The Morgan fingerprint density at radius 1 is 0.846 bits per heavy atom. The van der Waals surface area contributed by atoms with Gasteiger partial charge in [-0.25, -0.2) is 0 Å². The molecular weight excluding hydrogens is 392 g/mol. The van der Waals surface area contributed by atoms with Crippen molar-refractivity contribution >= 4 is 26.7 Å². The van der Waals surface area contributed by atoms with Gasteiger partial charge in [-0.05, 0) is 48.9 Å². The Bertz CT molecular complexity index is 657. The fourth-order valence-electron chi connectivity index (χ4n) is 2.95. The summed E-state index contributed by atoms with van der Waals surface area (Å²) < 4.78 is 17.5. The van der Waals surface area contributed by atoms with Crippen molar-refractivity contribution in [2.75, 3.05) is 25.7 Å². The van der Waals surface area contributed by atoms with E-state index in [1.165, 1.54) is 32.1 Å². The zero-order chi connectivity index (χ0) is 18.6. The second kappa shape index (κ2) is 12.1. The molecule has 0 fully saturated rings. The smallest absolute Gasteiger partial charge is 0.168 e. The van der Waals surface area contributed by atoms with E-state index >= 15 is 0 Å². The van der Waals surface area contributed by atoms with Gasteiger partial charge in [0, 0.05) is 10.7 Å².